The first-order valence-corrected chi connectivity index (χ1v) is 11.3. The lowest BCUT2D eigenvalue weighted by molar-refractivity contribution is 0.267. The highest BCUT2D eigenvalue weighted by molar-refractivity contribution is 6.88. The van der Waals surface area contributed by atoms with Gasteiger partial charge in [-0.05, 0) is 38.5 Å². The maximum absolute atomic E-state index is 2.48. The Morgan fingerprint density at radius 1 is 1.20 bits per heavy atom. The van der Waals surface area contributed by atoms with E-state index in [1.165, 1.54) is 31.6 Å². The van der Waals surface area contributed by atoms with E-state index in [4.69, 9.17) is 0 Å². The van der Waals surface area contributed by atoms with Crippen molar-refractivity contribution in [2.24, 2.45) is 5.92 Å². The van der Waals surface area contributed by atoms with E-state index < -0.39 is 8.07 Å². The molecule has 1 aromatic rings. The molecule has 0 saturated carbocycles. The first-order valence-electron chi connectivity index (χ1n) is 7.81. The highest BCUT2D eigenvalue weighted by Crippen LogP contribution is 2.16. The van der Waals surface area contributed by atoms with E-state index in [2.05, 4.69) is 67.8 Å². The zero-order valence-corrected chi connectivity index (χ0v) is 14.8. The Kier molecular flexibility index (Phi) is 5.05. The molecule has 1 atom stereocenters. The summed E-state index contributed by atoms with van der Waals surface area (Å²) in [6.45, 7) is 12.1. The highest BCUT2D eigenvalue weighted by atomic mass is 28.3. The summed E-state index contributed by atoms with van der Waals surface area (Å²) in [6, 6.07) is 9.34. The number of benzene rings is 1. The second kappa shape index (κ2) is 6.42. The van der Waals surface area contributed by atoms with Crippen LogP contribution in [0.1, 0.15) is 12.0 Å². The van der Waals surface area contributed by atoms with Gasteiger partial charge in [0.2, 0.25) is 0 Å². The van der Waals surface area contributed by atoms with Crippen LogP contribution in [0.25, 0.3) is 0 Å². The summed E-state index contributed by atoms with van der Waals surface area (Å²) in [7, 11) is 3.33. The molecule has 0 amide bonds. The van der Waals surface area contributed by atoms with Crippen molar-refractivity contribution in [3.05, 3.63) is 29.8 Å². The SMILES string of the molecule is CN1CCC(CN(C)Cc2ccc([Si](C)(C)C)cc2)C1. The Balaban J connectivity index is 1.86. The molecule has 112 valence electrons. The van der Waals surface area contributed by atoms with Crippen LogP contribution in [0, 0.1) is 5.92 Å². The van der Waals surface area contributed by atoms with Crippen molar-refractivity contribution in [1.29, 1.82) is 0 Å². The van der Waals surface area contributed by atoms with E-state index in [0.717, 1.165) is 12.5 Å². The molecule has 0 N–H and O–H groups in total. The van der Waals surface area contributed by atoms with Crippen molar-refractivity contribution in [1.82, 2.24) is 9.80 Å². The van der Waals surface area contributed by atoms with Gasteiger partial charge in [0.25, 0.3) is 0 Å². The molecule has 3 heteroatoms. The van der Waals surface area contributed by atoms with Gasteiger partial charge in [-0.25, -0.2) is 0 Å². The number of rotatable bonds is 5. The van der Waals surface area contributed by atoms with Gasteiger partial charge in [0.1, 0.15) is 0 Å². The first-order chi connectivity index (χ1) is 9.34. The minimum absolute atomic E-state index is 0.853. The molecular formula is C17H30N2Si. The van der Waals surface area contributed by atoms with Crippen molar-refractivity contribution in [3.8, 4) is 0 Å². The van der Waals surface area contributed by atoms with Gasteiger partial charge in [0.05, 0.1) is 8.07 Å². The van der Waals surface area contributed by atoms with E-state index >= 15 is 0 Å². The molecule has 1 aromatic carbocycles. The van der Waals surface area contributed by atoms with Gasteiger partial charge >= 0.3 is 0 Å². The summed E-state index contributed by atoms with van der Waals surface area (Å²) >= 11 is 0. The molecule has 0 spiro atoms. The Morgan fingerprint density at radius 3 is 2.35 bits per heavy atom. The van der Waals surface area contributed by atoms with Gasteiger partial charge < -0.3 is 9.80 Å². The van der Waals surface area contributed by atoms with Gasteiger partial charge in [0, 0.05) is 19.6 Å². The zero-order valence-electron chi connectivity index (χ0n) is 13.8. The molecule has 1 aliphatic heterocycles. The Labute approximate surface area is 125 Å². The van der Waals surface area contributed by atoms with Gasteiger partial charge in [-0.1, -0.05) is 49.1 Å². The van der Waals surface area contributed by atoms with Gasteiger partial charge in [-0.15, -0.1) is 0 Å². The Hall–Kier alpha value is -0.643. The molecule has 1 unspecified atom stereocenters. The minimum atomic E-state index is -1.15. The second-order valence-electron chi connectivity index (χ2n) is 7.56. The van der Waals surface area contributed by atoms with Crippen molar-refractivity contribution in [2.45, 2.75) is 32.6 Å². The number of nitrogens with zero attached hydrogens (tertiary/aromatic N) is 2. The Morgan fingerprint density at radius 2 is 1.85 bits per heavy atom. The summed E-state index contributed by atoms with van der Waals surface area (Å²) in [5.74, 6) is 0.853. The summed E-state index contributed by atoms with van der Waals surface area (Å²) in [5, 5.41) is 1.56. The Bertz CT molecular complexity index is 422. The molecule has 1 saturated heterocycles. The molecule has 1 fully saturated rings. The van der Waals surface area contributed by atoms with Crippen LogP contribution < -0.4 is 5.19 Å². The molecule has 0 aromatic heterocycles. The predicted molar refractivity (Wildman–Crippen MR) is 91.4 cm³/mol. The van der Waals surface area contributed by atoms with Crippen molar-refractivity contribution in [3.63, 3.8) is 0 Å². The maximum Gasteiger partial charge on any atom is 0.0775 e. The molecule has 0 aliphatic carbocycles. The second-order valence-corrected chi connectivity index (χ2v) is 12.6. The fraction of sp³-hybridized carbons (Fsp3) is 0.647. The lowest BCUT2D eigenvalue weighted by Gasteiger charge is -2.22. The number of hydrogen-bond acceptors (Lipinski definition) is 2. The monoisotopic (exact) mass is 290 g/mol. The molecule has 2 rings (SSSR count). The highest BCUT2D eigenvalue weighted by Gasteiger charge is 2.21. The fourth-order valence-electron chi connectivity index (χ4n) is 3.10. The standard InChI is InChI=1S/C17H30N2Si/c1-18-11-10-16(13-18)14-19(2)12-15-6-8-17(9-7-15)20(3,4)5/h6-9,16H,10-14H2,1-5H3. The van der Waals surface area contributed by atoms with Crippen molar-refractivity contribution < 1.29 is 0 Å². The largest absolute Gasteiger partial charge is 0.306 e. The van der Waals surface area contributed by atoms with E-state index in [1.807, 2.05) is 0 Å². The maximum atomic E-state index is 2.48. The summed E-state index contributed by atoms with van der Waals surface area (Å²) < 4.78 is 0. The first kappa shape index (κ1) is 15.7. The molecule has 0 bridgehead atoms. The molecule has 2 nitrogen and oxygen atoms in total. The van der Waals surface area contributed by atoms with Gasteiger partial charge in [-0.3, -0.25) is 0 Å². The molecule has 1 aliphatic rings. The number of hydrogen-bond donors (Lipinski definition) is 0. The van der Waals surface area contributed by atoms with Crippen LogP contribution in [0.2, 0.25) is 19.6 Å². The zero-order chi connectivity index (χ0) is 14.8. The predicted octanol–water partition coefficient (Wildman–Crippen LogP) is 2.62. The van der Waals surface area contributed by atoms with Crippen LogP contribution in [0.3, 0.4) is 0 Å². The topological polar surface area (TPSA) is 6.48 Å². The molecule has 1 heterocycles. The van der Waals surface area contributed by atoms with Crippen LogP contribution in [0.4, 0.5) is 0 Å². The van der Waals surface area contributed by atoms with Crippen molar-refractivity contribution in [2.75, 3.05) is 33.7 Å². The van der Waals surface area contributed by atoms with Crippen LogP contribution in [0.15, 0.2) is 24.3 Å². The third-order valence-corrected chi connectivity index (χ3v) is 6.40. The molecule has 0 radical (unpaired) electrons. The van der Waals surface area contributed by atoms with Gasteiger partial charge in [-0.2, -0.15) is 0 Å². The van der Waals surface area contributed by atoms with E-state index in [1.54, 1.807) is 5.19 Å². The van der Waals surface area contributed by atoms with Crippen molar-refractivity contribution >= 4 is 13.3 Å². The normalized spacial score (nSPS) is 20.8. The lowest BCUT2D eigenvalue weighted by atomic mass is 10.1. The van der Waals surface area contributed by atoms with Crippen LogP contribution in [-0.2, 0) is 6.54 Å². The van der Waals surface area contributed by atoms with Crippen LogP contribution in [0.5, 0.6) is 0 Å². The van der Waals surface area contributed by atoms with Crippen LogP contribution >= 0.6 is 0 Å². The van der Waals surface area contributed by atoms with Gasteiger partial charge in [0.15, 0.2) is 0 Å². The van der Waals surface area contributed by atoms with E-state index in [-0.39, 0.29) is 0 Å². The van der Waals surface area contributed by atoms with E-state index in [0.29, 0.717) is 0 Å². The molecule has 20 heavy (non-hydrogen) atoms. The third kappa shape index (κ3) is 4.44. The van der Waals surface area contributed by atoms with E-state index in [9.17, 15) is 0 Å². The summed E-state index contributed by atoms with van der Waals surface area (Å²) in [4.78, 5) is 4.93. The molecular weight excluding hydrogens is 260 g/mol. The quantitative estimate of drug-likeness (QED) is 0.769. The average molecular weight is 291 g/mol. The fourth-order valence-corrected chi connectivity index (χ4v) is 4.27. The lowest BCUT2D eigenvalue weighted by Crippen LogP contribution is -2.37. The van der Waals surface area contributed by atoms with Crippen LogP contribution in [-0.4, -0.2) is 51.6 Å². The average Bonchev–Trinajstić information content (AvgIpc) is 2.74. The smallest absolute Gasteiger partial charge is 0.0775 e. The minimum Gasteiger partial charge on any atom is -0.306 e. The third-order valence-electron chi connectivity index (χ3n) is 4.33. The summed E-state index contributed by atoms with van der Waals surface area (Å²) in [6.07, 6.45) is 1.36. The summed E-state index contributed by atoms with van der Waals surface area (Å²) in [5.41, 5.74) is 1.45. The number of likely N-dealkylation sites (tertiary alicyclic amines) is 1.